The number of carbonyl (C=O) groups excluding carboxylic acids is 2. The predicted octanol–water partition coefficient (Wildman–Crippen LogP) is 1.07. The van der Waals surface area contributed by atoms with E-state index in [-0.39, 0.29) is 24.4 Å². The van der Waals surface area contributed by atoms with Crippen molar-refractivity contribution in [3.05, 3.63) is 42.2 Å². The molecule has 1 aromatic heterocycles. The van der Waals surface area contributed by atoms with Crippen molar-refractivity contribution in [3.8, 4) is 17.5 Å². The number of hydrogen-bond donors (Lipinski definition) is 1. The molecular weight excluding hydrogens is 312 g/mol. The molecule has 0 aliphatic carbocycles. The molecule has 0 radical (unpaired) electrons. The molecular formula is C16H16N4O4. The van der Waals surface area contributed by atoms with Crippen molar-refractivity contribution in [2.24, 2.45) is 0 Å². The van der Waals surface area contributed by atoms with Crippen molar-refractivity contribution < 1.29 is 19.1 Å². The van der Waals surface area contributed by atoms with E-state index >= 15 is 0 Å². The molecule has 1 aromatic carbocycles. The summed E-state index contributed by atoms with van der Waals surface area (Å²) in [6, 6.07) is 11.1. The normalized spacial score (nSPS) is 9.83. The highest BCUT2D eigenvalue weighted by atomic mass is 16.5. The second-order valence-corrected chi connectivity index (χ2v) is 4.66. The van der Waals surface area contributed by atoms with Crippen LogP contribution in [0.15, 0.2) is 36.5 Å². The van der Waals surface area contributed by atoms with E-state index in [9.17, 15) is 9.59 Å². The Kier molecular flexibility index (Phi) is 5.91. The summed E-state index contributed by atoms with van der Waals surface area (Å²) in [4.78, 5) is 23.6. The fourth-order valence-electron chi connectivity index (χ4n) is 1.87. The minimum atomic E-state index is -0.767. The fourth-order valence-corrected chi connectivity index (χ4v) is 1.87. The van der Waals surface area contributed by atoms with Gasteiger partial charge in [-0.3, -0.25) is 4.79 Å². The summed E-state index contributed by atoms with van der Waals surface area (Å²) >= 11 is 0. The lowest BCUT2D eigenvalue weighted by Crippen LogP contribution is -2.29. The quantitative estimate of drug-likeness (QED) is 0.602. The summed E-state index contributed by atoms with van der Waals surface area (Å²) in [5.41, 5.74) is 0.732. The molecule has 2 rings (SSSR count). The Bertz CT molecular complexity index is 749. The minimum Gasteiger partial charge on any atom is -0.493 e. The van der Waals surface area contributed by atoms with Crippen molar-refractivity contribution in [1.82, 2.24) is 15.1 Å². The van der Waals surface area contributed by atoms with Gasteiger partial charge in [0, 0.05) is 6.54 Å². The lowest BCUT2D eigenvalue weighted by molar-refractivity contribution is -0.124. The molecule has 24 heavy (non-hydrogen) atoms. The fraction of sp³-hybridized carbons (Fsp3) is 0.250. The number of nitrogens with zero attached hydrogens (tertiary/aromatic N) is 3. The number of amides is 1. The molecule has 1 N–H and O–H groups in total. The molecule has 1 amide bonds. The van der Waals surface area contributed by atoms with Crippen molar-refractivity contribution >= 4 is 11.9 Å². The molecule has 1 heterocycles. The molecule has 0 aliphatic rings. The van der Waals surface area contributed by atoms with Crippen LogP contribution in [0.1, 0.15) is 16.9 Å². The van der Waals surface area contributed by atoms with Gasteiger partial charge in [-0.1, -0.05) is 18.2 Å². The lowest BCUT2D eigenvalue weighted by Gasteiger charge is -2.04. The van der Waals surface area contributed by atoms with Crippen molar-refractivity contribution in [2.75, 3.05) is 20.3 Å². The molecule has 0 bridgehead atoms. The number of rotatable bonds is 7. The molecule has 0 atom stereocenters. The zero-order chi connectivity index (χ0) is 17.4. The van der Waals surface area contributed by atoms with Gasteiger partial charge >= 0.3 is 5.97 Å². The summed E-state index contributed by atoms with van der Waals surface area (Å²) in [7, 11) is 1.41. The van der Waals surface area contributed by atoms with Crippen LogP contribution in [-0.2, 0) is 9.53 Å². The Hall–Kier alpha value is -3.34. The molecule has 8 heteroatoms. The van der Waals surface area contributed by atoms with Crippen LogP contribution < -0.4 is 10.1 Å². The summed E-state index contributed by atoms with van der Waals surface area (Å²) in [5.74, 6) is -1.01. The molecule has 0 saturated carbocycles. The Morgan fingerprint density at radius 2 is 2.08 bits per heavy atom. The molecule has 0 fully saturated rings. The molecule has 0 unspecified atom stereocenters. The highest BCUT2D eigenvalue weighted by Crippen LogP contribution is 2.20. The van der Waals surface area contributed by atoms with E-state index in [1.54, 1.807) is 6.20 Å². The molecule has 8 nitrogen and oxygen atoms in total. The summed E-state index contributed by atoms with van der Waals surface area (Å²) < 4.78 is 11.5. The number of aromatic nitrogens is 2. The number of esters is 1. The first kappa shape index (κ1) is 17.0. The van der Waals surface area contributed by atoms with Crippen LogP contribution in [0.3, 0.4) is 0 Å². The standard InChI is InChI=1S/C16H16N4O4/c1-23-13-10-20(12-6-3-2-4-7-12)19-15(13)16(22)24-11-14(21)18-9-5-8-17/h2-4,6-7,10H,5,9,11H2,1H3,(H,18,21). The monoisotopic (exact) mass is 328 g/mol. The highest BCUT2D eigenvalue weighted by molar-refractivity contribution is 5.92. The van der Waals surface area contributed by atoms with Gasteiger partial charge in [-0.25, -0.2) is 9.48 Å². The van der Waals surface area contributed by atoms with E-state index in [2.05, 4.69) is 10.4 Å². The van der Waals surface area contributed by atoms with Crippen molar-refractivity contribution in [2.45, 2.75) is 6.42 Å². The van der Waals surface area contributed by atoms with E-state index in [1.807, 2.05) is 36.4 Å². The maximum atomic E-state index is 12.1. The number of hydrogen-bond acceptors (Lipinski definition) is 6. The second-order valence-electron chi connectivity index (χ2n) is 4.66. The third kappa shape index (κ3) is 4.33. The van der Waals surface area contributed by atoms with E-state index in [1.165, 1.54) is 11.8 Å². The van der Waals surface area contributed by atoms with Gasteiger partial charge in [0.05, 0.1) is 31.5 Å². The molecule has 0 saturated heterocycles. The largest absolute Gasteiger partial charge is 0.493 e. The second kappa shape index (κ2) is 8.33. The average Bonchev–Trinajstić information content (AvgIpc) is 3.05. The van der Waals surface area contributed by atoms with Gasteiger partial charge in [-0.05, 0) is 12.1 Å². The lowest BCUT2D eigenvalue weighted by atomic mass is 10.3. The summed E-state index contributed by atoms with van der Waals surface area (Å²) in [6.07, 6.45) is 1.74. The van der Waals surface area contributed by atoms with E-state index in [4.69, 9.17) is 14.7 Å². The van der Waals surface area contributed by atoms with Crippen LogP contribution >= 0.6 is 0 Å². The summed E-state index contributed by atoms with van der Waals surface area (Å²) in [5, 5.41) is 15.0. The van der Waals surface area contributed by atoms with E-state index in [0.717, 1.165) is 5.69 Å². The molecule has 0 aliphatic heterocycles. The number of methoxy groups -OCH3 is 1. The first-order valence-electron chi connectivity index (χ1n) is 7.15. The van der Waals surface area contributed by atoms with E-state index < -0.39 is 18.5 Å². The van der Waals surface area contributed by atoms with Crippen LogP contribution in [0.25, 0.3) is 5.69 Å². The van der Waals surface area contributed by atoms with Gasteiger partial charge in [0.25, 0.3) is 5.91 Å². The van der Waals surface area contributed by atoms with Crippen LogP contribution in [0.5, 0.6) is 5.75 Å². The number of para-hydroxylation sites is 1. The Morgan fingerprint density at radius 1 is 1.33 bits per heavy atom. The molecule has 124 valence electrons. The van der Waals surface area contributed by atoms with Gasteiger partial charge in [0.2, 0.25) is 5.69 Å². The Labute approximate surface area is 138 Å². The summed E-state index contributed by atoms with van der Waals surface area (Å²) in [6.45, 7) is -0.246. The van der Waals surface area contributed by atoms with Gasteiger partial charge < -0.3 is 14.8 Å². The number of carbonyl (C=O) groups is 2. The van der Waals surface area contributed by atoms with Gasteiger partial charge in [0.1, 0.15) is 0 Å². The molecule has 0 spiro atoms. The number of ether oxygens (including phenoxy) is 2. The maximum absolute atomic E-state index is 12.1. The average molecular weight is 328 g/mol. The third-order valence-electron chi connectivity index (χ3n) is 3.01. The van der Waals surface area contributed by atoms with Crippen molar-refractivity contribution in [1.29, 1.82) is 5.26 Å². The van der Waals surface area contributed by atoms with Crippen LogP contribution in [0.4, 0.5) is 0 Å². The molecule has 2 aromatic rings. The number of nitrogens with one attached hydrogen (secondary N) is 1. The van der Waals surface area contributed by atoms with Crippen LogP contribution in [0.2, 0.25) is 0 Å². The zero-order valence-corrected chi connectivity index (χ0v) is 13.1. The smallest absolute Gasteiger partial charge is 0.363 e. The number of nitriles is 1. The highest BCUT2D eigenvalue weighted by Gasteiger charge is 2.20. The topological polar surface area (TPSA) is 106 Å². The minimum absolute atomic E-state index is 0.0221. The maximum Gasteiger partial charge on any atom is 0.363 e. The van der Waals surface area contributed by atoms with Crippen molar-refractivity contribution in [3.63, 3.8) is 0 Å². The zero-order valence-electron chi connectivity index (χ0n) is 13.1. The predicted molar refractivity (Wildman–Crippen MR) is 83.6 cm³/mol. The van der Waals surface area contributed by atoms with Gasteiger partial charge in [-0.2, -0.15) is 10.4 Å². The van der Waals surface area contributed by atoms with Gasteiger partial charge in [-0.15, -0.1) is 0 Å². The van der Waals surface area contributed by atoms with Crippen LogP contribution in [0, 0.1) is 11.3 Å². The first-order chi connectivity index (χ1) is 11.7. The van der Waals surface area contributed by atoms with E-state index in [0.29, 0.717) is 0 Å². The third-order valence-corrected chi connectivity index (χ3v) is 3.01. The SMILES string of the molecule is COc1cn(-c2ccccc2)nc1C(=O)OCC(=O)NCCC#N. The Balaban J connectivity index is 2.03. The first-order valence-corrected chi connectivity index (χ1v) is 7.15. The van der Waals surface area contributed by atoms with Crippen LogP contribution in [-0.4, -0.2) is 41.9 Å². The Morgan fingerprint density at radius 3 is 2.75 bits per heavy atom. The van der Waals surface area contributed by atoms with Gasteiger partial charge in [0.15, 0.2) is 12.4 Å². The number of benzene rings is 1.